The van der Waals surface area contributed by atoms with Crippen LogP contribution in [0.2, 0.25) is 0 Å². The van der Waals surface area contributed by atoms with Gasteiger partial charge in [0.15, 0.2) is 0 Å². The number of nitrogens with one attached hydrogen (secondary N) is 2. The van der Waals surface area contributed by atoms with Gasteiger partial charge in [-0.25, -0.2) is 9.59 Å². The van der Waals surface area contributed by atoms with E-state index < -0.39 is 35.4 Å². The second-order valence-corrected chi connectivity index (χ2v) is 9.45. The number of rotatable bonds is 5. The number of ether oxygens (including phenoxy) is 2. The molecule has 1 heterocycles. The first kappa shape index (κ1) is 26.1. The van der Waals surface area contributed by atoms with Crippen LogP contribution in [-0.4, -0.2) is 24.3 Å². The largest absolute Gasteiger partial charge is 0.456 e. The number of hydrogen-bond donors (Lipinski definition) is 2. The number of carbonyl (C=O) groups is 2. The molecule has 11 heteroatoms. The predicted molar refractivity (Wildman–Crippen MR) is 124 cm³/mol. The van der Waals surface area contributed by atoms with Crippen LogP contribution < -0.4 is 10.6 Å². The van der Waals surface area contributed by atoms with Crippen LogP contribution in [0.4, 0.5) is 23.7 Å². The van der Waals surface area contributed by atoms with E-state index in [0.717, 1.165) is 12.1 Å². The molecule has 3 rings (SSSR count). The molecule has 0 aliphatic carbocycles. The van der Waals surface area contributed by atoms with Crippen LogP contribution in [0, 0.1) is 11.3 Å². The zero-order valence-corrected chi connectivity index (χ0v) is 20.5. The average Bonchev–Trinajstić information content (AvgIpc) is 3.10. The third kappa shape index (κ3) is 6.54. The summed E-state index contributed by atoms with van der Waals surface area (Å²) < 4.78 is 50.4. The van der Waals surface area contributed by atoms with Crippen LogP contribution in [0.15, 0.2) is 58.2 Å². The van der Waals surface area contributed by atoms with Crippen LogP contribution in [0.25, 0.3) is 0 Å². The van der Waals surface area contributed by atoms with E-state index in [1.54, 1.807) is 26.8 Å². The van der Waals surface area contributed by atoms with Gasteiger partial charge in [0.1, 0.15) is 12.2 Å². The van der Waals surface area contributed by atoms with Crippen molar-refractivity contribution in [2.75, 3.05) is 11.9 Å². The first-order valence-corrected chi connectivity index (χ1v) is 11.1. The maximum absolute atomic E-state index is 13.1. The molecule has 0 unspecified atom stereocenters. The maximum Gasteiger partial charge on any atom is 0.416 e. The fourth-order valence-corrected chi connectivity index (χ4v) is 3.93. The molecule has 0 spiro atoms. The minimum absolute atomic E-state index is 0.0151. The molecule has 0 saturated heterocycles. The van der Waals surface area contributed by atoms with E-state index in [1.807, 2.05) is 6.07 Å². The highest BCUT2D eigenvalue weighted by molar-refractivity contribution is 9.10. The second-order valence-electron chi connectivity index (χ2n) is 8.60. The average molecular weight is 552 g/mol. The molecule has 1 atom stereocenters. The number of benzene rings is 2. The summed E-state index contributed by atoms with van der Waals surface area (Å²) in [7, 11) is 0. The van der Waals surface area contributed by atoms with Crippen molar-refractivity contribution in [2.24, 2.45) is 0 Å². The molecular weight excluding hydrogens is 531 g/mol. The summed E-state index contributed by atoms with van der Waals surface area (Å²) in [6.45, 7) is 4.76. The maximum atomic E-state index is 13.1. The number of carbonyl (C=O) groups excluding carboxylic acids is 2. The Labute approximate surface area is 208 Å². The van der Waals surface area contributed by atoms with Crippen molar-refractivity contribution in [3.05, 3.63) is 74.9 Å². The fraction of sp³-hybridized carbons (Fsp3) is 0.292. The smallest absolute Gasteiger partial charge is 0.416 e. The van der Waals surface area contributed by atoms with Gasteiger partial charge in [0.25, 0.3) is 0 Å². The molecule has 0 saturated carbocycles. The van der Waals surface area contributed by atoms with E-state index in [4.69, 9.17) is 14.7 Å². The second kappa shape index (κ2) is 10.00. The number of anilines is 1. The SMILES string of the molecule is CC(C)(C)OC(=O)N[C@@H](C1=C(Nc2cccc(C(F)(F)F)c2)COC1=O)c1ccc(C#N)cc1Br. The normalized spacial score (nSPS) is 14.7. The lowest BCUT2D eigenvalue weighted by atomic mass is 9.96. The number of alkyl carbamates (subject to hydrolysis) is 1. The standard InChI is InChI=1S/C24H21BrF3N3O4/c1-23(2,3)35-22(33)31-20(16-8-7-13(11-29)9-17(16)25)19-18(12-34-21(19)32)30-15-6-4-5-14(10-15)24(26,27)28/h4-10,20,30H,12H2,1-3H3,(H,31,33)/t20-/m1/s1. The zero-order chi connectivity index (χ0) is 26.0. The van der Waals surface area contributed by atoms with Crippen molar-refractivity contribution in [1.29, 1.82) is 5.26 Å². The molecule has 1 aliphatic heterocycles. The number of halogens is 4. The molecule has 35 heavy (non-hydrogen) atoms. The molecule has 7 nitrogen and oxygen atoms in total. The van der Waals surface area contributed by atoms with Crippen molar-refractivity contribution in [3.63, 3.8) is 0 Å². The summed E-state index contributed by atoms with van der Waals surface area (Å²) in [6.07, 6.45) is -5.38. The van der Waals surface area contributed by atoms with Gasteiger partial charge in [-0.1, -0.05) is 28.1 Å². The highest BCUT2D eigenvalue weighted by Crippen LogP contribution is 2.36. The van der Waals surface area contributed by atoms with E-state index in [-0.39, 0.29) is 23.6 Å². The molecule has 184 valence electrons. The monoisotopic (exact) mass is 551 g/mol. The minimum Gasteiger partial charge on any atom is -0.456 e. The van der Waals surface area contributed by atoms with Gasteiger partial charge in [-0.3, -0.25) is 0 Å². The summed E-state index contributed by atoms with van der Waals surface area (Å²) in [6, 6.07) is 9.93. The zero-order valence-electron chi connectivity index (χ0n) is 18.9. The third-order valence-corrected chi connectivity index (χ3v) is 5.45. The number of amides is 1. The van der Waals surface area contributed by atoms with Gasteiger partial charge in [0.2, 0.25) is 0 Å². The Balaban J connectivity index is 2.07. The Morgan fingerprint density at radius 2 is 1.91 bits per heavy atom. The molecule has 2 aromatic carbocycles. The first-order valence-electron chi connectivity index (χ1n) is 10.3. The molecular formula is C24H21BrF3N3O4. The van der Waals surface area contributed by atoms with Crippen molar-refractivity contribution in [3.8, 4) is 6.07 Å². The summed E-state index contributed by atoms with van der Waals surface area (Å²) >= 11 is 3.36. The van der Waals surface area contributed by atoms with Gasteiger partial charge in [-0.15, -0.1) is 0 Å². The Morgan fingerprint density at radius 1 is 1.20 bits per heavy atom. The summed E-state index contributed by atoms with van der Waals surface area (Å²) in [5.74, 6) is -0.767. The lowest BCUT2D eigenvalue weighted by Gasteiger charge is -2.25. The van der Waals surface area contributed by atoms with Crippen molar-refractivity contribution >= 4 is 33.7 Å². The fourth-order valence-electron chi connectivity index (χ4n) is 3.32. The number of nitrogens with zero attached hydrogens (tertiary/aromatic N) is 1. The van der Waals surface area contributed by atoms with E-state index in [0.29, 0.717) is 15.6 Å². The van der Waals surface area contributed by atoms with Gasteiger partial charge in [-0.05, 0) is 56.7 Å². The van der Waals surface area contributed by atoms with E-state index in [1.165, 1.54) is 24.3 Å². The van der Waals surface area contributed by atoms with E-state index in [2.05, 4.69) is 26.6 Å². The number of nitriles is 1. The quantitative estimate of drug-likeness (QED) is 0.453. The molecule has 1 aliphatic rings. The van der Waals surface area contributed by atoms with Crippen molar-refractivity contribution < 1.29 is 32.2 Å². The van der Waals surface area contributed by atoms with Crippen LogP contribution in [-0.2, 0) is 20.4 Å². The minimum atomic E-state index is -4.55. The summed E-state index contributed by atoms with van der Waals surface area (Å²) in [4.78, 5) is 25.4. The Hall–Kier alpha value is -3.52. The number of hydrogen-bond acceptors (Lipinski definition) is 6. The number of cyclic esters (lactones) is 1. The van der Waals surface area contributed by atoms with E-state index >= 15 is 0 Å². The van der Waals surface area contributed by atoms with Crippen LogP contribution in [0.1, 0.15) is 43.5 Å². The third-order valence-electron chi connectivity index (χ3n) is 4.77. The van der Waals surface area contributed by atoms with Gasteiger partial charge >= 0.3 is 18.2 Å². The number of alkyl halides is 3. The first-order chi connectivity index (χ1) is 16.3. The van der Waals surface area contributed by atoms with Crippen LogP contribution >= 0.6 is 15.9 Å². The van der Waals surface area contributed by atoms with Gasteiger partial charge in [0.05, 0.1) is 34.5 Å². The molecule has 0 radical (unpaired) electrons. The highest BCUT2D eigenvalue weighted by atomic mass is 79.9. The summed E-state index contributed by atoms with van der Waals surface area (Å²) in [5, 5.41) is 14.6. The van der Waals surface area contributed by atoms with Crippen LogP contribution in [0.3, 0.4) is 0 Å². The molecule has 2 aromatic rings. The molecule has 0 fully saturated rings. The lowest BCUT2D eigenvalue weighted by Crippen LogP contribution is -2.37. The number of esters is 1. The van der Waals surface area contributed by atoms with Gasteiger partial charge in [0, 0.05) is 10.2 Å². The van der Waals surface area contributed by atoms with Gasteiger partial charge in [-0.2, -0.15) is 18.4 Å². The van der Waals surface area contributed by atoms with E-state index in [9.17, 15) is 22.8 Å². The molecule has 0 bridgehead atoms. The van der Waals surface area contributed by atoms with Gasteiger partial charge < -0.3 is 20.1 Å². The summed E-state index contributed by atoms with van der Waals surface area (Å²) in [5.41, 5.74) is -0.715. The molecule has 0 aromatic heterocycles. The molecule has 2 N–H and O–H groups in total. The predicted octanol–water partition coefficient (Wildman–Crippen LogP) is 5.83. The Morgan fingerprint density at radius 3 is 2.51 bits per heavy atom. The Kier molecular flexibility index (Phi) is 7.45. The van der Waals surface area contributed by atoms with Crippen molar-refractivity contribution in [1.82, 2.24) is 5.32 Å². The van der Waals surface area contributed by atoms with Crippen molar-refractivity contribution in [2.45, 2.75) is 38.6 Å². The Bertz CT molecular complexity index is 1230. The molecule has 1 amide bonds. The highest BCUT2D eigenvalue weighted by Gasteiger charge is 2.36. The lowest BCUT2D eigenvalue weighted by molar-refractivity contribution is -0.138. The topological polar surface area (TPSA) is 100 Å². The van der Waals surface area contributed by atoms with Crippen LogP contribution in [0.5, 0.6) is 0 Å².